The fourth-order valence-corrected chi connectivity index (χ4v) is 2.43. The van der Waals surface area contributed by atoms with Crippen LogP contribution in [-0.2, 0) is 6.42 Å². The lowest BCUT2D eigenvalue weighted by Gasteiger charge is -2.15. The third-order valence-corrected chi connectivity index (χ3v) is 3.52. The molecule has 0 fully saturated rings. The summed E-state index contributed by atoms with van der Waals surface area (Å²) in [5.41, 5.74) is 1.65. The Morgan fingerprint density at radius 3 is 2.42 bits per heavy atom. The van der Waals surface area contributed by atoms with E-state index in [4.69, 9.17) is 27.9 Å². The zero-order chi connectivity index (χ0) is 13.8. The average molecular weight is 297 g/mol. The van der Waals surface area contributed by atoms with Crippen LogP contribution in [0, 0.1) is 0 Å². The normalized spacial score (nSPS) is 12.2. The van der Waals surface area contributed by atoms with Gasteiger partial charge in [0.15, 0.2) is 0 Å². The first-order valence-electron chi connectivity index (χ1n) is 5.86. The molecule has 2 rings (SSSR count). The van der Waals surface area contributed by atoms with E-state index in [-0.39, 0.29) is 0 Å². The molecule has 19 heavy (non-hydrogen) atoms. The fourth-order valence-electron chi connectivity index (χ4n) is 1.90. The summed E-state index contributed by atoms with van der Waals surface area (Å²) in [7, 11) is 1.53. The van der Waals surface area contributed by atoms with Crippen LogP contribution in [0.3, 0.4) is 0 Å². The first-order chi connectivity index (χ1) is 9.11. The molecular formula is C15H14Cl2O2. The van der Waals surface area contributed by atoms with Gasteiger partial charge in [-0.1, -0.05) is 53.5 Å². The molecule has 0 heterocycles. The Hall–Kier alpha value is -1.22. The van der Waals surface area contributed by atoms with Crippen LogP contribution in [-0.4, -0.2) is 12.2 Å². The van der Waals surface area contributed by atoms with Crippen LogP contribution in [0.1, 0.15) is 17.2 Å². The van der Waals surface area contributed by atoms with Gasteiger partial charge in [-0.15, -0.1) is 0 Å². The second-order valence-corrected chi connectivity index (χ2v) is 5.03. The molecule has 4 heteroatoms. The Balaban J connectivity index is 2.24. The van der Waals surface area contributed by atoms with Crippen molar-refractivity contribution in [2.24, 2.45) is 0 Å². The first kappa shape index (κ1) is 14.2. The summed E-state index contributed by atoms with van der Waals surface area (Å²) in [6, 6.07) is 13.0. The predicted molar refractivity (Wildman–Crippen MR) is 78.1 cm³/mol. The minimum atomic E-state index is -0.696. The summed E-state index contributed by atoms with van der Waals surface area (Å²) in [6.07, 6.45) is -0.207. The van der Waals surface area contributed by atoms with Crippen molar-refractivity contribution in [1.29, 1.82) is 0 Å². The monoisotopic (exact) mass is 296 g/mol. The van der Waals surface area contributed by atoms with Crippen molar-refractivity contribution in [3.63, 3.8) is 0 Å². The molecule has 0 radical (unpaired) electrons. The van der Waals surface area contributed by atoms with E-state index < -0.39 is 6.10 Å². The Labute approximate surface area is 122 Å². The molecule has 0 aromatic heterocycles. The third kappa shape index (κ3) is 3.41. The minimum Gasteiger partial charge on any atom is -0.495 e. The van der Waals surface area contributed by atoms with Gasteiger partial charge >= 0.3 is 0 Å². The summed E-state index contributed by atoms with van der Waals surface area (Å²) in [5.74, 6) is 0.502. The summed E-state index contributed by atoms with van der Waals surface area (Å²) < 4.78 is 5.08. The maximum Gasteiger partial charge on any atom is 0.138 e. The van der Waals surface area contributed by atoms with Gasteiger partial charge in [0, 0.05) is 18.1 Å². The highest BCUT2D eigenvalue weighted by Crippen LogP contribution is 2.34. The Morgan fingerprint density at radius 1 is 1.11 bits per heavy atom. The maximum atomic E-state index is 10.3. The largest absolute Gasteiger partial charge is 0.495 e. The molecule has 0 aliphatic carbocycles. The van der Waals surface area contributed by atoms with Crippen LogP contribution in [0.4, 0.5) is 0 Å². The van der Waals surface area contributed by atoms with Crippen molar-refractivity contribution < 1.29 is 9.84 Å². The van der Waals surface area contributed by atoms with Gasteiger partial charge < -0.3 is 9.84 Å². The zero-order valence-corrected chi connectivity index (χ0v) is 11.9. The number of rotatable bonds is 4. The third-order valence-electron chi connectivity index (χ3n) is 2.90. The molecule has 2 aromatic rings. The number of methoxy groups -OCH3 is 1. The van der Waals surface area contributed by atoms with E-state index in [1.807, 2.05) is 30.3 Å². The molecule has 0 amide bonds. The number of ether oxygens (including phenoxy) is 1. The molecule has 1 atom stereocenters. The van der Waals surface area contributed by atoms with Crippen molar-refractivity contribution in [2.45, 2.75) is 12.5 Å². The topological polar surface area (TPSA) is 29.5 Å². The quantitative estimate of drug-likeness (QED) is 0.912. The number of aliphatic hydroxyl groups is 1. The highest BCUT2D eigenvalue weighted by atomic mass is 35.5. The Bertz CT molecular complexity index is 556. The van der Waals surface area contributed by atoms with Gasteiger partial charge in [0.2, 0.25) is 0 Å². The van der Waals surface area contributed by atoms with E-state index in [0.29, 0.717) is 27.8 Å². The highest BCUT2D eigenvalue weighted by Gasteiger charge is 2.15. The summed E-state index contributed by atoms with van der Waals surface area (Å²) >= 11 is 12.2. The number of aliphatic hydroxyl groups excluding tert-OH is 1. The molecule has 0 aliphatic heterocycles. The summed E-state index contributed by atoms with van der Waals surface area (Å²) in [4.78, 5) is 0. The SMILES string of the molecule is COc1cc(Cl)c(C(O)Cc2ccccc2)cc1Cl. The lowest BCUT2D eigenvalue weighted by atomic mass is 10.0. The van der Waals surface area contributed by atoms with Crippen molar-refractivity contribution >= 4 is 23.2 Å². The number of halogens is 2. The zero-order valence-electron chi connectivity index (χ0n) is 10.4. The maximum absolute atomic E-state index is 10.3. The summed E-state index contributed by atoms with van der Waals surface area (Å²) in [6.45, 7) is 0. The molecule has 0 spiro atoms. The van der Waals surface area contributed by atoms with Gasteiger partial charge in [-0.25, -0.2) is 0 Å². The van der Waals surface area contributed by atoms with Crippen LogP contribution in [0.15, 0.2) is 42.5 Å². The van der Waals surface area contributed by atoms with E-state index in [2.05, 4.69) is 0 Å². The molecule has 0 bridgehead atoms. The lowest BCUT2D eigenvalue weighted by Crippen LogP contribution is -2.03. The molecule has 100 valence electrons. The van der Waals surface area contributed by atoms with Crippen LogP contribution < -0.4 is 4.74 Å². The number of benzene rings is 2. The minimum absolute atomic E-state index is 0.439. The van der Waals surface area contributed by atoms with E-state index in [1.165, 1.54) is 7.11 Å². The van der Waals surface area contributed by atoms with E-state index in [1.54, 1.807) is 12.1 Å². The van der Waals surface area contributed by atoms with Crippen molar-refractivity contribution in [2.75, 3.05) is 7.11 Å². The molecule has 1 N–H and O–H groups in total. The summed E-state index contributed by atoms with van der Waals surface area (Å²) in [5, 5.41) is 11.1. The van der Waals surface area contributed by atoms with Gasteiger partial charge in [0.25, 0.3) is 0 Å². The fraction of sp³-hybridized carbons (Fsp3) is 0.200. The van der Waals surface area contributed by atoms with Gasteiger partial charge in [-0.05, 0) is 11.6 Å². The first-order valence-corrected chi connectivity index (χ1v) is 6.62. The molecule has 0 saturated heterocycles. The molecule has 0 aliphatic rings. The number of hydrogen-bond donors (Lipinski definition) is 1. The van der Waals surface area contributed by atoms with Gasteiger partial charge in [0.1, 0.15) is 5.75 Å². The highest BCUT2D eigenvalue weighted by molar-refractivity contribution is 6.34. The van der Waals surface area contributed by atoms with Gasteiger partial charge in [-0.3, -0.25) is 0 Å². The number of hydrogen-bond acceptors (Lipinski definition) is 2. The van der Waals surface area contributed by atoms with Gasteiger partial charge in [0.05, 0.1) is 23.3 Å². The second-order valence-electron chi connectivity index (χ2n) is 4.21. The van der Waals surface area contributed by atoms with Crippen molar-refractivity contribution in [1.82, 2.24) is 0 Å². The smallest absolute Gasteiger partial charge is 0.138 e. The van der Waals surface area contributed by atoms with Crippen LogP contribution in [0.5, 0.6) is 5.75 Å². The second kappa shape index (κ2) is 6.29. The average Bonchev–Trinajstić information content (AvgIpc) is 2.42. The molecule has 0 saturated carbocycles. The molecule has 2 aromatic carbocycles. The van der Waals surface area contributed by atoms with Gasteiger partial charge in [-0.2, -0.15) is 0 Å². The Kier molecular flexibility index (Phi) is 4.70. The van der Waals surface area contributed by atoms with Crippen molar-refractivity contribution in [3.8, 4) is 5.75 Å². The van der Waals surface area contributed by atoms with Crippen LogP contribution in [0.2, 0.25) is 10.0 Å². The van der Waals surface area contributed by atoms with Crippen molar-refractivity contribution in [3.05, 3.63) is 63.6 Å². The Morgan fingerprint density at radius 2 is 1.79 bits per heavy atom. The van der Waals surface area contributed by atoms with Crippen LogP contribution in [0.25, 0.3) is 0 Å². The standard InChI is InChI=1S/C15H14Cl2O2/c1-19-15-9-12(16)11(8-13(15)17)14(18)7-10-5-3-2-4-6-10/h2-6,8-9,14,18H,7H2,1H3. The lowest BCUT2D eigenvalue weighted by molar-refractivity contribution is 0.178. The molecule has 2 nitrogen and oxygen atoms in total. The molecule has 1 unspecified atom stereocenters. The molecular weight excluding hydrogens is 283 g/mol. The predicted octanol–water partition coefficient (Wildman–Crippen LogP) is 4.28. The van der Waals surface area contributed by atoms with E-state index >= 15 is 0 Å². The van der Waals surface area contributed by atoms with E-state index in [0.717, 1.165) is 5.56 Å². The van der Waals surface area contributed by atoms with E-state index in [9.17, 15) is 5.11 Å². The van der Waals surface area contributed by atoms with Crippen LogP contribution >= 0.6 is 23.2 Å².